The average Bonchev–Trinajstić information content (AvgIpc) is 2.38. The van der Waals surface area contributed by atoms with Crippen molar-refractivity contribution in [2.75, 3.05) is 7.11 Å². The average molecular weight is 254 g/mol. The van der Waals surface area contributed by atoms with Crippen LogP contribution < -0.4 is 4.74 Å². The molecule has 1 aromatic carbocycles. The van der Waals surface area contributed by atoms with Crippen molar-refractivity contribution < 1.29 is 17.9 Å². The maximum Gasteiger partial charge on any atom is 0.416 e. The van der Waals surface area contributed by atoms with Crippen LogP contribution in [0.25, 0.3) is 11.3 Å². The smallest absolute Gasteiger partial charge is 0.416 e. The summed E-state index contributed by atoms with van der Waals surface area (Å²) >= 11 is 0. The number of hydrogen-bond acceptors (Lipinski definition) is 3. The predicted octanol–water partition coefficient (Wildman–Crippen LogP) is 3.17. The lowest BCUT2D eigenvalue weighted by molar-refractivity contribution is -0.137. The van der Waals surface area contributed by atoms with Crippen LogP contribution >= 0.6 is 0 Å². The number of methoxy groups -OCH3 is 1. The molecule has 0 aliphatic rings. The number of aromatic nitrogens is 2. The SMILES string of the molecule is COc1ccc(-c2ccc(C(F)(F)F)cc2)nn1. The highest BCUT2D eigenvalue weighted by atomic mass is 19.4. The molecule has 0 N–H and O–H groups in total. The largest absolute Gasteiger partial charge is 0.480 e. The minimum atomic E-state index is -4.33. The fraction of sp³-hybridized carbons (Fsp3) is 0.167. The molecule has 1 heterocycles. The van der Waals surface area contributed by atoms with Crippen LogP contribution in [0.15, 0.2) is 36.4 Å². The Balaban J connectivity index is 2.28. The first kappa shape index (κ1) is 12.3. The fourth-order valence-corrected chi connectivity index (χ4v) is 1.41. The molecule has 0 radical (unpaired) electrons. The van der Waals surface area contributed by atoms with Gasteiger partial charge in [0.1, 0.15) is 0 Å². The Morgan fingerprint density at radius 2 is 1.61 bits per heavy atom. The predicted molar refractivity (Wildman–Crippen MR) is 59.0 cm³/mol. The monoisotopic (exact) mass is 254 g/mol. The Morgan fingerprint density at radius 3 is 2.06 bits per heavy atom. The van der Waals surface area contributed by atoms with Crippen molar-refractivity contribution in [2.45, 2.75) is 6.18 Å². The highest BCUT2D eigenvalue weighted by Crippen LogP contribution is 2.30. The van der Waals surface area contributed by atoms with Crippen molar-refractivity contribution in [1.29, 1.82) is 0 Å². The summed E-state index contributed by atoms with van der Waals surface area (Å²) in [6, 6.07) is 7.98. The van der Waals surface area contributed by atoms with Crippen molar-refractivity contribution >= 4 is 0 Å². The third-order valence-corrected chi connectivity index (χ3v) is 2.36. The zero-order chi connectivity index (χ0) is 13.2. The fourth-order valence-electron chi connectivity index (χ4n) is 1.41. The molecule has 94 valence electrons. The standard InChI is InChI=1S/C12H9F3N2O/c1-18-11-7-6-10(16-17-11)8-2-4-9(5-3-8)12(13,14)15/h2-7H,1H3. The lowest BCUT2D eigenvalue weighted by atomic mass is 10.1. The topological polar surface area (TPSA) is 35.0 Å². The van der Waals surface area contributed by atoms with Crippen LogP contribution in [0.4, 0.5) is 13.2 Å². The van der Waals surface area contributed by atoms with Gasteiger partial charge in [-0.2, -0.15) is 13.2 Å². The van der Waals surface area contributed by atoms with Crippen LogP contribution in [-0.2, 0) is 6.18 Å². The van der Waals surface area contributed by atoms with Crippen molar-refractivity contribution in [3.05, 3.63) is 42.0 Å². The van der Waals surface area contributed by atoms with Crippen molar-refractivity contribution in [1.82, 2.24) is 10.2 Å². The van der Waals surface area contributed by atoms with Gasteiger partial charge < -0.3 is 4.74 Å². The molecule has 2 rings (SSSR count). The molecule has 0 fully saturated rings. The zero-order valence-corrected chi connectivity index (χ0v) is 9.40. The quantitative estimate of drug-likeness (QED) is 0.825. The highest BCUT2D eigenvalue weighted by molar-refractivity contribution is 5.59. The van der Waals surface area contributed by atoms with E-state index < -0.39 is 11.7 Å². The van der Waals surface area contributed by atoms with Gasteiger partial charge in [0.05, 0.1) is 18.4 Å². The number of hydrogen-bond donors (Lipinski definition) is 0. The Hall–Kier alpha value is -2.11. The molecule has 0 spiro atoms. The molecule has 0 unspecified atom stereocenters. The second-order valence-corrected chi connectivity index (χ2v) is 3.54. The van der Waals surface area contributed by atoms with Gasteiger partial charge in [-0.1, -0.05) is 12.1 Å². The van der Waals surface area contributed by atoms with E-state index in [4.69, 9.17) is 4.74 Å². The summed E-state index contributed by atoms with van der Waals surface area (Å²) in [6.07, 6.45) is -4.33. The summed E-state index contributed by atoms with van der Waals surface area (Å²) in [4.78, 5) is 0. The summed E-state index contributed by atoms with van der Waals surface area (Å²) < 4.78 is 42.0. The summed E-state index contributed by atoms with van der Waals surface area (Å²) in [7, 11) is 1.46. The Bertz CT molecular complexity index is 521. The number of rotatable bonds is 2. The zero-order valence-electron chi connectivity index (χ0n) is 9.40. The molecule has 0 aliphatic heterocycles. The van der Waals surface area contributed by atoms with Crippen LogP contribution in [0, 0.1) is 0 Å². The van der Waals surface area contributed by atoms with E-state index in [1.807, 2.05) is 0 Å². The van der Waals surface area contributed by atoms with Crippen molar-refractivity contribution in [3.8, 4) is 17.1 Å². The van der Waals surface area contributed by atoms with Gasteiger partial charge in [-0.15, -0.1) is 10.2 Å². The molecular weight excluding hydrogens is 245 g/mol. The van der Waals surface area contributed by atoms with E-state index in [9.17, 15) is 13.2 Å². The van der Waals surface area contributed by atoms with Crippen LogP contribution in [0.2, 0.25) is 0 Å². The van der Waals surface area contributed by atoms with Gasteiger partial charge >= 0.3 is 6.18 Å². The lowest BCUT2D eigenvalue weighted by Gasteiger charge is -2.07. The first-order valence-corrected chi connectivity index (χ1v) is 5.06. The van der Waals surface area contributed by atoms with Crippen molar-refractivity contribution in [2.24, 2.45) is 0 Å². The number of benzene rings is 1. The van der Waals surface area contributed by atoms with Gasteiger partial charge in [0.25, 0.3) is 0 Å². The second kappa shape index (κ2) is 4.64. The molecule has 6 heteroatoms. The summed E-state index contributed by atoms with van der Waals surface area (Å²) in [6.45, 7) is 0. The van der Waals surface area contributed by atoms with E-state index in [0.717, 1.165) is 12.1 Å². The Labute approximate surface area is 101 Å². The van der Waals surface area contributed by atoms with Gasteiger partial charge in [0, 0.05) is 11.6 Å². The molecule has 2 aromatic rings. The number of alkyl halides is 3. The van der Waals surface area contributed by atoms with E-state index in [2.05, 4.69) is 10.2 Å². The van der Waals surface area contributed by atoms with Crippen LogP contribution in [-0.4, -0.2) is 17.3 Å². The summed E-state index contributed by atoms with van der Waals surface area (Å²) in [5, 5.41) is 7.61. The summed E-state index contributed by atoms with van der Waals surface area (Å²) in [5.41, 5.74) is 0.371. The third-order valence-electron chi connectivity index (χ3n) is 2.36. The minimum absolute atomic E-state index is 0.352. The number of halogens is 3. The third kappa shape index (κ3) is 2.58. The molecule has 0 aliphatic carbocycles. The molecule has 18 heavy (non-hydrogen) atoms. The normalized spacial score (nSPS) is 11.3. The molecule has 0 saturated heterocycles. The van der Waals surface area contributed by atoms with Gasteiger partial charge in [-0.25, -0.2) is 0 Å². The first-order chi connectivity index (χ1) is 8.50. The number of nitrogens with zero attached hydrogens (tertiary/aromatic N) is 2. The van der Waals surface area contributed by atoms with E-state index >= 15 is 0 Å². The molecule has 3 nitrogen and oxygen atoms in total. The number of ether oxygens (including phenoxy) is 1. The molecule has 0 amide bonds. The molecule has 1 aromatic heterocycles. The lowest BCUT2D eigenvalue weighted by Crippen LogP contribution is -2.04. The van der Waals surface area contributed by atoms with Gasteiger partial charge in [-0.05, 0) is 18.2 Å². The van der Waals surface area contributed by atoms with Crippen LogP contribution in [0.1, 0.15) is 5.56 Å². The maximum absolute atomic E-state index is 12.4. The van der Waals surface area contributed by atoms with E-state index in [1.54, 1.807) is 12.1 Å². The van der Waals surface area contributed by atoms with Gasteiger partial charge in [0.2, 0.25) is 5.88 Å². The van der Waals surface area contributed by atoms with Crippen molar-refractivity contribution in [3.63, 3.8) is 0 Å². The van der Waals surface area contributed by atoms with E-state index in [0.29, 0.717) is 17.1 Å². The molecular formula is C12H9F3N2O. The van der Waals surface area contributed by atoms with Crippen LogP contribution in [0.5, 0.6) is 5.88 Å². The highest BCUT2D eigenvalue weighted by Gasteiger charge is 2.29. The second-order valence-electron chi connectivity index (χ2n) is 3.54. The maximum atomic E-state index is 12.4. The van der Waals surface area contributed by atoms with Gasteiger partial charge in [-0.3, -0.25) is 0 Å². The van der Waals surface area contributed by atoms with Crippen LogP contribution in [0.3, 0.4) is 0 Å². The Kier molecular flexibility index (Phi) is 3.18. The molecule has 0 atom stereocenters. The van der Waals surface area contributed by atoms with Gasteiger partial charge in [0.15, 0.2) is 0 Å². The molecule has 0 bridgehead atoms. The Morgan fingerprint density at radius 1 is 0.944 bits per heavy atom. The first-order valence-electron chi connectivity index (χ1n) is 5.06. The molecule has 0 saturated carbocycles. The van der Waals surface area contributed by atoms with E-state index in [1.165, 1.54) is 19.2 Å². The minimum Gasteiger partial charge on any atom is -0.480 e. The van der Waals surface area contributed by atoms with E-state index in [-0.39, 0.29) is 0 Å². The summed E-state index contributed by atoms with van der Waals surface area (Å²) in [5.74, 6) is 0.352.